The smallest absolute Gasteiger partial charge is 0.243 e. The van der Waals surface area contributed by atoms with Gasteiger partial charge in [0.15, 0.2) is 0 Å². The first-order chi connectivity index (χ1) is 8.84. The third-order valence-corrected chi connectivity index (χ3v) is 4.85. The van der Waals surface area contributed by atoms with Crippen LogP contribution in [0, 0.1) is 12.7 Å². The summed E-state index contributed by atoms with van der Waals surface area (Å²) in [6, 6.07) is 2.28. The molecule has 1 aromatic carbocycles. The lowest BCUT2D eigenvalue weighted by atomic mass is 10.2. The first-order valence-electron chi connectivity index (χ1n) is 5.89. The second kappa shape index (κ2) is 6.31. The molecule has 0 aliphatic heterocycles. The fourth-order valence-electron chi connectivity index (χ4n) is 1.61. The van der Waals surface area contributed by atoms with Gasteiger partial charge in [-0.05, 0) is 19.1 Å². The van der Waals surface area contributed by atoms with E-state index in [4.69, 9.17) is 10.5 Å². The third-order valence-electron chi connectivity index (χ3n) is 2.89. The van der Waals surface area contributed by atoms with Crippen LogP contribution >= 0.6 is 0 Å². The van der Waals surface area contributed by atoms with Gasteiger partial charge in [0.05, 0.1) is 11.5 Å². The van der Waals surface area contributed by atoms with Crippen molar-refractivity contribution >= 4 is 15.7 Å². The number of nitrogens with zero attached hydrogens (tertiary/aromatic N) is 1. The normalized spacial score (nSPS) is 12.1. The van der Waals surface area contributed by atoms with E-state index in [0.717, 1.165) is 6.07 Å². The molecule has 5 nitrogen and oxygen atoms in total. The molecule has 1 aromatic rings. The van der Waals surface area contributed by atoms with E-state index in [9.17, 15) is 12.8 Å². The van der Waals surface area contributed by atoms with Gasteiger partial charge >= 0.3 is 0 Å². The minimum absolute atomic E-state index is 0.126. The van der Waals surface area contributed by atoms with Gasteiger partial charge in [0.25, 0.3) is 0 Å². The number of hydrogen-bond donors (Lipinski definition) is 1. The summed E-state index contributed by atoms with van der Waals surface area (Å²) in [6.07, 6.45) is 0. The Kier molecular flexibility index (Phi) is 5.28. The SMILES string of the molecule is CCN(CCOC)S(=O)(=O)c1cc(N)c(C)c(F)c1. The molecular weight excluding hydrogens is 271 g/mol. The number of methoxy groups -OCH3 is 1. The van der Waals surface area contributed by atoms with Crippen molar-refractivity contribution in [3.8, 4) is 0 Å². The number of nitrogens with two attached hydrogens (primary N) is 1. The van der Waals surface area contributed by atoms with Crippen molar-refractivity contribution in [3.63, 3.8) is 0 Å². The van der Waals surface area contributed by atoms with Crippen LogP contribution in [0.2, 0.25) is 0 Å². The van der Waals surface area contributed by atoms with E-state index in [1.807, 2.05) is 0 Å². The maximum Gasteiger partial charge on any atom is 0.243 e. The molecule has 0 saturated carbocycles. The minimum atomic E-state index is -3.75. The number of anilines is 1. The molecule has 19 heavy (non-hydrogen) atoms. The molecular formula is C12H19FN2O3S. The summed E-state index contributed by atoms with van der Waals surface area (Å²) in [5.74, 6) is -0.624. The zero-order chi connectivity index (χ0) is 14.6. The number of hydrogen-bond acceptors (Lipinski definition) is 4. The molecule has 0 heterocycles. The Labute approximate surface area is 113 Å². The van der Waals surface area contributed by atoms with Crippen LogP contribution in [0.4, 0.5) is 10.1 Å². The lowest BCUT2D eigenvalue weighted by molar-refractivity contribution is 0.180. The fourth-order valence-corrected chi connectivity index (χ4v) is 3.09. The Morgan fingerprint density at radius 3 is 2.53 bits per heavy atom. The zero-order valence-electron chi connectivity index (χ0n) is 11.3. The number of halogens is 1. The molecule has 7 heteroatoms. The van der Waals surface area contributed by atoms with Gasteiger partial charge < -0.3 is 10.5 Å². The number of benzene rings is 1. The summed E-state index contributed by atoms with van der Waals surface area (Å²) in [6.45, 7) is 3.98. The molecule has 0 spiro atoms. The predicted octanol–water partition coefficient (Wildman–Crippen LogP) is 1.37. The van der Waals surface area contributed by atoms with Crippen molar-refractivity contribution in [1.82, 2.24) is 4.31 Å². The molecule has 0 radical (unpaired) electrons. The first-order valence-corrected chi connectivity index (χ1v) is 7.33. The summed E-state index contributed by atoms with van der Waals surface area (Å²) in [4.78, 5) is -0.133. The van der Waals surface area contributed by atoms with Gasteiger partial charge in [0.2, 0.25) is 10.0 Å². The van der Waals surface area contributed by atoms with E-state index in [1.165, 1.54) is 24.4 Å². The lowest BCUT2D eigenvalue weighted by Gasteiger charge is -2.20. The van der Waals surface area contributed by atoms with Crippen molar-refractivity contribution in [2.24, 2.45) is 0 Å². The molecule has 0 aliphatic carbocycles. The molecule has 0 unspecified atom stereocenters. The highest BCUT2D eigenvalue weighted by atomic mass is 32.2. The summed E-state index contributed by atoms with van der Waals surface area (Å²) in [7, 11) is -2.26. The number of likely N-dealkylation sites (N-methyl/N-ethyl adjacent to an activating group) is 1. The Morgan fingerprint density at radius 1 is 1.42 bits per heavy atom. The van der Waals surface area contributed by atoms with Crippen LogP contribution in [0.15, 0.2) is 17.0 Å². The van der Waals surface area contributed by atoms with Crippen LogP contribution in [0.3, 0.4) is 0 Å². The highest BCUT2D eigenvalue weighted by molar-refractivity contribution is 7.89. The number of sulfonamides is 1. The van der Waals surface area contributed by atoms with Crippen molar-refractivity contribution < 1.29 is 17.5 Å². The van der Waals surface area contributed by atoms with Crippen molar-refractivity contribution in [3.05, 3.63) is 23.5 Å². The summed E-state index contributed by atoms with van der Waals surface area (Å²) < 4.78 is 44.4. The van der Waals surface area contributed by atoms with Gasteiger partial charge in [0, 0.05) is 31.5 Å². The molecule has 0 fully saturated rings. The number of nitrogen functional groups attached to an aromatic ring is 1. The van der Waals surface area contributed by atoms with E-state index in [-0.39, 0.29) is 35.8 Å². The van der Waals surface area contributed by atoms with Gasteiger partial charge in [-0.15, -0.1) is 0 Å². The standard InChI is InChI=1S/C12H19FN2O3S/c1-4-15(5-6-18-3)19(16,17)10-7-11(13)9(2)12(14)8-10/h7-8H,4-6,14H2,1-3H3. The summed E-state index contributed by atoms with van der Waals surface area (Å²) >= 11 is 0. The van der Waals surface area contributed by atoms with Gasteiger partial charge in [-0.2, -0.15) is 4.31 Å². The largest absolute Gasteiger partial charge is 0.398 e. The number of rotatable bonds is 6. The van der Waals surface area contributed by atoms with E-state index < -0.39 is 15.8 Å². The highest BCUT2D eigenvalue weighted by Crippen LogP contribution is 2.23. The lowest BCUT2D eigenvalue weighted by Crippen LogP contribution is -2.33. The molecule has 1 rings (SSSR count). The zero-order valence-corrected chi connectivity index (χ0v) is 12.1. The Balaban J connectivity index is 3.18. The second-order valence-corrected chi connectivity index (χ2v) is 6.05. The maximum atomic E-state index is 13.6. The Hall–Kier alpha value is -1.18. The van der Waals surface area contributed by atoms with Crippen molar-refractivity contribution in [2.45, 2.75) is 18.7 Å². The average Bonchev–Trinajstić information content (AvgIpc) is 2.36. The molecule has 0 amide bonds. The highest BCUT2D eigenvalue weighted by Gasteiger charge is 2.24. The summed E-state index contributed by atoms with van der Waals surface area (Å²) in [5, 5.41) is 0. The number of ether oxygens (including phenoxy) is 1. The molecule has 0 aliphatic rings. The van der Waals surface area contributed by atoms with Crippen LogP contribution in [0.25, 0.3) is 0 Å². The molecule has 0 bridgehead atoms. The predicted molar refractivity (Wildman–Crippen MR) is 71.9 cm³/mol. The first kappa shape index (κ1) is 15.9. The van der Waals surface area contributed by atoms with Crippen LogP contribution in [-0.2, 0) is 14.8 Å². The summed E-state index contributed by atoms with van der Waals surface area (Å²) in [5.41, 5.74) is 5.99. The Bertz CT molecular complexity index is 523. The van der Waals surface area contributed by atoms with Gasteiger partial charge in [0.1, 0.15) is 5.82 Å². The monoisotopic (exact) mass is 290 g/mol. The minimum Gasteiger partial charge on any atom is -0.398 e. The third kappa shape index (κ3) is 3.43. The van der Waals surface area contributed by atoms with E-state index in [1.54, 1.807) is 6.92 Å². The van der Waals surface area contributed by atoms with Crippen molar-refractivity contribution in [1.29, 1.82) is 0 Å². The van der Waals surface area contributed by atoms with Gasteiger partial charge in [-0.25, -0.2) is 12.8 Å². The van der Waals surface area contributed by atoms with Crippen LogP contribution in [-0.4, -0.2) is 39.5 Å². The van der Waals surface area contributed by atoms with E-state index in [0.29, 0.717) is 0 Å². The van der Waals surface area contributed by atoms with Gasteiger partial charge in [-0.1, -0.05) is 6.92 Å². The topological polar surface area (TPSA) is 72.6 Å². The maximum absolute atomic E-state index is 13.6. The van der Waals surface area contributed by atoms with E-state index >= 15 is 0 Å². The second-order valence-electron chi connectivity index (χ2n) is 4.11. The quantitative estimate of drug-likeness (QED) is 0.803. The van der Waals surface area contributed by atoms with Crippen LogP contribution in [0.5, 0.6) is 0 Å². The van der Waals surface area contributed by atoms with E-state index in [2.05, 4.69) is 0 Å². The average molecular weight is 290 g/mol. The fraction of sp³-hybridized carbons (Fsp3) is 0.500. The molecule has 0 aromatic heterocycles. The van der Waals surface area contributed by atoms with Crippen LogP contribution in [0.1, 0.15) is 12.5 Å². The molecule has 108 valence electrons. The van der Waals surface area contributed by atoms with Gasteiger partial charge in [-0.3, -0.25) is 0 Å². The van der Waals surface area contributed by atoms with Crippen molar-refractivity contribution in [2.75, 3.05) is 32.5 Å². The molecule has 0 saturated heterocycles. The van der Waals surface area contributed by atoms with Crippen LogP contribution < -0.4 is 5.73 Å². The Morgan fingerprint density at radius 2 is 2.05 bits per heavy atom. The molecule has 0 atom stereocenters. The molecule has 2 N–H and O–H groups in total.